The van der Waals surface area contributed by atoms with Crippen LogP contribution in [0.2, 0.25) is 0 Å². The van der Waals surface area contributed by atoms with E-state index in [1.54, 1.807) is 12.1 Å². The summed E-state index contributed by atoms with van der Waals surface area (Å²) in [4.78, 5) is 26.1. The van der Waals surface area contributed by atoms with Gasteiger partial charge in [0.15, 0.2) is 0 Å². The quantitative estimate of drug-likeness (QED) is 0.740. The highest BCUT2D eigenvalue weighted by atomic mass is 19.1. The molecular weight excluding hydrogens is 395 g/mol. The molecule has 166 valence electrons. The van der Waals surface area contributed by atoms with Gasteiger partial charge in [-0.25, -0.2) is 14.4 Å². The van der Waals surface area contributed by atoms with E-state index in [9.17, 15) is 9.18 Å². The molecule has 4 rings (SSSR count). The molecule has 8 heteroatoms. The van der Waals surface area contributed by atoms with Crippen LogP contribution in [-0.4, -0.2) is 65.4 Å². The number of carbonyl (C=O) groups is 1. The first-order chi connectivity index (χ1) is 15.0. The summed E-state index contributed by atoms with van der Waals surface area (Å²) in [5.74, 6) is 0.953. The van der Waals surface area contributed by atoms with E-state index in [4.69, 9.17) is 0 Å². The summed E-state index contributed by atoms with van der Waals surface area (Å²) in [6, 6.07) is 6.39. The average Bonchev–Trinajstić information content (AvgIpc) is 3.18. The second-order valence-electron chi connectivity index (χ2n) is 8.71. The Kier molecular flexibility index (Phi) is 6.77. The fourth-order valence-corrected chi connectivity index (χ4v) is 4.87. The summed E-state index contributed by atoms with van der Waals surface area (Å²) in [7, 11) is 3.94. The first kappa shape index (κ1) is 21.6. The molecule has 3 heterocycles. The Bertz CT molecular complexity index is 867. The van der Waals surface area contributed by atoms with Gasteiger partial charge >= 0.3 is 0 Å². The first-order valence-electron chi connectivity index (χ1n) is 11.0. The molecule has 2 atom stereocenters. The fourth-order valence-electron chi connectivity index (χ4n) is 4.87. The van der Waals surface area contributed by atoms with Crippen molar-refractivity contribution in [2.45, 2.75) is 31.8 Å². The highest BCUT2D eigenvalue weighted by molar-refractivity contribution is 5.92. The molecule has 2 aliphatic heterocycles. The largest absolute Gasteiger partial charge is 0.357 e. The molecule has 2 fully saturated rings. The number of benzene rings is 1. The topological polar surface area (TPSA) is 73.4 Å². The lowest BCUT2D eigenvalue weighted by Crippen LogP contribution is -2.41. The van der Waals surface area contributed by atoms with Crippen LogP contribution in [0.25, 0.3) is 0 Å². The maximum atomic E-state index is 13.1. The molecule has 1 aromatic carbocycles. The Balaban J connectivity index is 1.26. The van der Waals surface area contributed by atoms with Gasteiger partial charge in [0.25, 0.3) is 0 Å². The molecule has 0 radical (unpaired) electrons. The number of nitrogens with zero attached hydrogens (tertiary/aromatic N) is 4. The van der Waals surface area contributed by atoms with Gasteiger partial charge in [-0.15, -0.1) is 0 Å². The number of halogens is 1. The van der Waals surface area contributed by atoms with Gasteiger partial charge in [-0.1, -0.05) is 0 Å². The maximum absolute atomic E-state index is 13.1. The Hall–Kier alpha value is -2.58. The van der Waals surface area contributed by atoms with Gasteiger partial charge in [-0.05, 0) is 69.6 Å². The minimum absolute atomic E-state index is 0.0269. The van der Waals surface area contributed by atoms with Crippen LogP contribution in [0.4, 0.5) is 16.0 Å². The van der Waals surface area contributed by atoms with E-state index in [1.165, 1.54) is 12.1 Å². The van der Waals surface area contributed by atoms with E-state index in [0.29, 0.717) is 23.6 Å². The third-order valence-electron chi connectivity index (χ3n) is 6.59. The summed E-state index contributed by atoms with van der Waals surface area (Å²) < 4.78 is 13.1. The number of amides is 1. The molecule has 1 aromatic heterocycles. The molecule has 1 amide bonds. The number of piperidine rings is 1. The van der Waals surface area contributed by atoms with Crippen molar-refractivity contribution in [3.05, 3.63) is 48.0 Å². The molecule has 31 heavy (non-hydrogen) atoms. The lowest BCUT2D eigenvalue weighted by Gasteiger charge is -2.37. The molecule has 0 spiro atoms. The van der Waals surface area contributed by atoms with Gasteiger partial charge in [-0.2, -0.15) is 0 Å². The summed E-state index contributed by atoms with van der Waals surface area (Å²) in [5, 5.41) is 5.88. The zero-order chi connectivity index (χ0) is 21.8. The van der Waals surface area contributed by atoms with Gasteiger partial charge in [0.2, 0.25) is 11.9 Å². The average molecular weight is 427 g/mol. The van der Waals surface area contributed by atoms with Crippen LogP contribution in [0, 0.1) is 17.7 Å². The van der Waals surface area contributed by atoms with E-state index in [1.807, 2.05) is 19.4 Å². The summed E-state index contributed by atoms with van der Waals surface area (Å²) in [6.45, 7) is 3.75. The Labute approximate surface area is 183 Å². The minimum atomic E-state index is -0.299. The van der Waals surface area contributed by atoms with Gasteiger partial charge in [-0.3, -0.25) is 9.69 Å². The Morgan fingerprint density at radius 3 is 2.48 bits per heavy atom. The zero-order valence-electron chi connectivity index (χ0n) is 18.2. The van der Waals surface area contributed by atoms with Gasteiger partial charge < -0.3 is 15.5 Å². The molecule has 2 saturated heterocycles. The van der Waals surface area contributed by atoms with Crippen LogP contribution >= 0.6 is 0 Å². The third-order valence-corrected chi connectivity index (χ3v) is 6.59. The number of hydrogen-bond acceptors (Lipinski definition) is 6. The second-order valence-corrected chi connectivity index (χ2v) is 8.71. The molecular formula is C23H31FN6O. The molecule has 0 bridgehead atoms. The summed E-state index contributed by atoms with van der Waals surface area (Å²) in [5.41, 5.74) is 1.78. The molecule has 2 N–H and O–H groups in total. The van der Waals surface area contributed by atoms with Gasteiger partial charge in [0.05, 0.1) is 5.92 Å². The molecule has 0 saturated carbocycles. The fraction of sp³-hybridized carbons (Fsp3) is 0.522. The number of carbonyl (C=O) groups excluding carboxylic acids is 1. The van der Waals surface area contributed by atoms with E-state index in [2.05, 4.69) is 37.4 Å². The van der Waals surface area contributed by atoms with Crippen molar-refractivity contribution in [2.75, 3.05) is 44.4 Å². The van der Waals surface area contributed by atoms with Crippen molar-refractivity contribution < 1.29 is 9.18 Å². The number of likely N-dealkylation sites (tertiary alicyclic amines) is 2. The predicted octanol–water partition coefficient (Wildman–Crippen LogP) is 2.83. The second kappa shape index (κ2) is 9.70. The third kappa shape index (κ3) is 5.37. The van der Waals surface area contributed by atoms with E-state index >= 15 is 0 Å². The SMILES string of the molecule is CNc1ncc(CN2CCC([C@H]3C[C@H](C(=O)Nc4ccc(F)cc4)CN3C)CC2)cn1. The van der Waals surface area contributed by atoms with Crippen LogP contribution < -0.4 is 10.6 Å². The minimum Gasteiger partial charge on any atom is -0.357 e. The normalized spacial score (nSPS) is 23.1. The molecule has 2 aromatic rings. The highest BCUT2D eigenvalue weighted by Crippen LogP contribution is 2.33. The van der Waals surface area contributed by atoms with Gasteiger partial charge in [0.1, 0.15) is 5.82 Å². The number of hydrogen-bond donors (Lipinski definition) is 2. The van der Waals surface area contributed by atoms with Crippen molar-refractivity contribution in [1.29, 1.82) is 0 Å². The molecule has 2 aliphatic rings. The summed E-state index contributed by atoms with van der Waals surface area (Å²) >= 11 is 0. The molecule has 0 unspecified atom stereocenters. The van der Waals surface area contributed by atoms with E-state index < -0.39 is 0 Å². The number of rotatable bonds is 6. The lowest BCUT2D eigenvalue weighted by atomic mass is 9.86. The Morgan fingerprint density at radius 2 is 1.84 bits per heavy atom. The van der Waals surface area contributed by atoms with E-state index in [-0.39, 0.29) is 17.6 Å². The van der Waals surface area contributed by atoms with Crippen LogP contribution in [0.1, 0.15) is 24.8 Å². The van der Waals surface area contributed by atoms with Crippen molar-refractivity contribution >= 4 is 17.5 Å². The highest BCUT2D eigenvalue weighted by Gasteiger charge is 2.39. The van der Waals surface area contributed by atoms with Crippen molar-refractivity contribution in [1.82, 2.24) is 19.8 Å². The number of anilines is 2. The standard InChI is InChI=1S/C23H31FN6O/c1-25-23-26-12-16(13-27-23)14-30-9-7-17(8-10-30)21-11-18(15-29(21)2)22(31)28-20-5-3-19(24)4-6-20/h3-6,12-13,17-18,21H,7-11,14-15H2,1-2H3,(H,28,31)(H,25,26,27)/t18-,21+/m0/s1. The van der Waals surface area contributed by atoms with E-state index in [0.717, 1.165) is 51.0 Å². The molecule has 7 nitrogen and oxygen atoms in total. The Morgan fingerprint density at radius 1 is 1.16 bits per heavy atom. The van der Waals surface area contributed by atoms with Crippen molar-refractivity contribution in [2.24, 2.45) is 11.8 Å². The monoisotopic (exact) mass is 426 g/mol. The zero-order valence-corrected chi connectivity index (χ0v) is 18.2. The van der Waals surface area contributed by atoms with Crippen LogP contribution in [0.15, 0.2) is 36.7 Å². The number of aromatic nitrogens is 2. The van der Waals surface area contributed by atoms with Crippen LogP contribution in [0.5, 0.6) is 0 Å². The lowest BCUT2D eigenvalue weighted by molar-refractivity contribution is -0.119. The maximum Gasteiger partial charge on any atom is 0.228 e. The summed E-state index contributed by atoms with van der Waals surface area (Å²) in [6.07, 6.45) is 6.93. The smallest absolute Gasteiger partial charge is 0.228 e. The first-order valence-corrected chi connectivity index (χ1v) is 11.0. The number of nitrogens with one attached hydrogen (secondary N) is 2. The van der Waals surface area contributed by atoms with Crippen molar-refractivity contribution in [3.8, 4) is 0 Å². The predicted molar refractivity (Wildman–Crippen MR) is 119 cm³/mol. The molecule has 0 aliphatic carbocycles. The van der Waals surface area contributed by atoms with Crippen molar-refractivity contribution in [3.63, 3.8) is 0 Å². The van der Waals surface area contributed by atoms with Crippen LogP contribution in [-0.2, 0) is 11.3 Å². The van der Waals surface area contributed by atoms with Crippen LogP contribution in [0.3, 0.4) is 0 Å². The van der Waals surface area contributed by atoms with Gasteiger partial charge in [0, 0.05) is 49.8 Å².